The molecule has 21 heavy (non-hydrogen) atoms. The minimum absolute atomic E-state index is 0.00471. The van der Waals surface area contributed by atoms with Gasteiger partial charge in [0.2, 0.25) is 0 Å². The van der Waals surface area contributed by atoms with E-state index in [9.17, 15) is 0 Å². The number of hydrogen-bond donors (Lipinski definition) is 0. The lowest BCUT2D eigenvalue weighted by atomic mass is 10.0. The summed E-state index contributed by atoms with van der Waals surface area (Å²) < 4.78 is 11.9. The van der Waals surface area contributed by atoms with Gasteiger partial charge in [0, 0.05) is 6.61 Å². The summed E-state index contributed by atoms with van der Waals surface area (Å²) in [5, 5.41) is 0. The lowest BCUT2D eigenvalue weighted by Crippen LogP contribution is -2.28. The van der Waals surface area contributed by atoms with E-state index in [0.717, 1.165) is 32.3 Å². The molecule has 0 bridgehead atoms. The van der Waals surface area contributed by atoms with Crippen molar-refractivity contribution >= 4 is 0 Å². The van der Waals surface area contributed by atoms with Gasteiger partial charge < -0.3 is 9.47 Å². The molecule has 1 saturated heterocycles. The van der Waals surface area contributed by atoms with Crippen molar-refractivity contribution in [2.75, 3.05) is 6.61 Å². The molecule has 0 saturated carbocycles. The highest BCUT2D eigenvalue weighted by Crippen LogP contribution is 2.20. The van der Waals surface area contributed by atoms with E-state index in [1.54, 1.807) is 0 Å². The summed E-state index contributed by atoms with van der Waals surface area (Å²) in [7, 11) is 0. The van der Waals surface area contributed by atoms with E-state index in [1.165, 1.54) is 24.0 Å². The van der Waals surface area contributed by atoms with Gasteiger partial charge in [-0.05, 0) is 57.9 Å². The van der Waals surface area contributed by atoms with E-state index in [4.69, 9.17) is 9.47 Å². The number of allylic oxidation sites excluding steroid dienone is 1. The quantitative estimate of drug-likeness (QED) is 0.665. The van der Waals surface area contributed by atoms with E-state index in [0.29, 0.717) is 0 Å². The van der Waals surface area contributed by atoms with Crippen molar-refractivity contribution in [3.8, 4) is 0 Å². The van der Waals surface area contributed by atoms with Crippen LogP contribution in [0, 0.1) is 0 Å². The van der Waals surface area contributed by atoms with Gasteiger partial charge in [-0.1, -0.05) is 42.0 Å². The molecule has 0 amide bonds. The minimum atomic E-state index is 0.00471. The van der Waals surface area contributed by atoms with E-state index in [2.05, 4.69) is 50.3 Å². The largest absolute Gasteiger partial charge is 0.353 e. The SMILES string of the molecule is CC(C)=CCC(CCc1ccccc1)OC1CCCCO1. The first kappa shape index (κ1) is 16.3. The van der Waals surface area contributed by atoms with E-state index in [-0.39, 0.29) is 12.4 Å². The fourth-order valence-corrected chi connectivity index (χ4v) is 2.61. The van der Waals surface area contributed by atoms with Gasteiger partial charge in [0.1, 0.15) is 0 Å². The van der Waals surface area contributed by atoms with E-state index < -0.39 is 0 Å². The Bertz CT molecular complexity index is 414. The van der Waals surface area contributed by atoms with Crippen LogP contribution < -0.4 is 0 Å². The highest BCUT2D eigenvalue weighted by atomic mass is 16.7. The van der Waals surface area contributed by atoms with Gasteiger partial charge in [-0.3, -0.25) is 0 Å². The van der Waals surface area contributed by atoms with Gasteiger partial charge in [0.15, 0.2) is 6.29 Å². The van der Waals surface area contributed by atoms with Crippen LogP contribution in [0.15, 0.2) is 42.0 Å². The molecule has 0 N–H and O–H groups in total. The summed E-state index contributed by atoms with van der Waals surface area (Å²) >= 11 is 0. The zero-order valence-electron chi connectivity index (χ0n) is 13.4. The van der Waals surface area contributed by atoms with E-state index in [1.807, 2.05) is 0 Å². The lowest BCUT2D eigenvalue weighted by molar-refractivity contribution is -0.188. The Labute approximate surface area is 129 Å². The Balaban J connectivity index is 1.86. The van der Waals surface area contributed by atoms with Gasteiger partial charge >= 0.3 is 0 Å². The van der Waals surface area contributed by atoms with Crippen molar-refractivity contribution in [1.82, 2.24) is 0 Å². The van der Waals surface area contributed by atoms with Crippen LogP contribution in [-0.2, 0) is 15.9 Å². The maximum absolute atomic E-state index is 6.20. The van der Waals surface area contributed by atoms with Crippen LogP contribution in [0.5, 0.6) is 0 Å². The summed E-state index contributed by atoms with van der Waals surface area (Å²) in [6.07, 6.45) is 9.06. The molecule has 1 aromatic rings. The van der Waals surface area contributed by atoms with Crippen LogP contribution >= 0.6 is 0 Å². The van der Waals surface area contributed by atoms with Crippen LogP contribution in [-0.4, -0.2) is 19.0 Å². The molecule has 2 nitrogen and oxygen atoms in total. The smallest absolute Gasteiger partial charge is 0.157 e. The maximum atomic E-state index is 6.20. The fraction of sp³-hybridized carbons (Fsp3) is 0.579. The van der Waals surface area contributed by atoms with Gasteiger partial charge in [-0.15, -0.1) is 0 Å². The Morgan fingerprint density at radius 3 is 2.76 bits per heavy atom. The maximum Gasteiger partial charge on any atom is 0.157 e. The molecular formula is C19H28O2. The van der Waals surface area contributed by atoms with Crippen LogP contribution in [0.25, 0.3) is 0 Å². The molecule has 1 aliphatic rings. The first-order valence-corrected chi connectivity index (χ1v) is 8.18. The van der Waals surface area contributed by atoms with Gasteiger partial charge in [0.05, 0.1) is 6.10 Å². The van der Waals surface area contributed by atoms with Gasteiger partial charge in [0.25, 0.3) is 0 Å². The van der Waals surface area contributed by atoms with Crippen molar-refractivity contribution < 1.29 is 9.47 Å². The molecule has 0 radical (unpaired) electrons. The van der Waals surface area contributed by atoms with Crippen molar-refractivity contribution in [3.05, 3.63) is 47.5 Å². The molecule has 2 unspecified atom stereocenters. The summed E-state index contributed by atoms with van der Waals surface area (Å²) in [5.74, 6) is 0. The van der Waals surface area contributed by atoms with Gasteiger partial charge in [-0.25, -0.2) is 0 Å². The van der Waals surface area contributed by atoms with Crippen LogP contribution in [0.1, 0.15) is 51.5 Å². The third-order valence-electron chi connectivity index (χ3n) is 3.87. The molecule has 0 aromatic heterocycles. The predicted octanol–water partition coefficient (Wildman–Crippen LogP) is 4.89. The molecular weight excluding hydrogens is 260 g/mol. The third-order valence-corrected chi connectivity index (χ3v) is 3.87. The number of aryl methyl sites for hydroxylation is 1. The zero-order chi connectivity index (χ0) is 14.9. The standard InChI is InChI=1S/C19H28O2/c1-16(2)11-13-18(21-19-10-6-7-15-20-19)14-12-17-8-4-3-5-9-17/h3-5,8-9,11,18-19H,6-7,10,12-15H2,1-2H3. The lowest BCUT2D eigenvalue weighted by Gasteiger charge is -2.27. The molecule has 2 heteroatoms. The summed E-state index contributed by atoms with van der Waals surface area (Å²) in [5.41, 5.74) is 2.74. The first-order valence-electron chi connectivity index (χ1n) is 8.18. The Morgan fingerprint density at radius 1 is 1.29 bits per heavy atom. The second-order valence-corrected chi connectivity index (χ2v) is 6.10. The molecule has 1 fully saturated rings. The second kappa shape index (κ2) is 9.01. The number of ether oxygens (including phenoxy) is 2. The fourth-order valence-electron chi connectivity index (χ4n) is 2.61. The predicted molar refractivity (Wildman–Crippen MR) is 87.3 cm³/mol. The molecule has 0 aliphatic carbocycles. The topological polar surface area (TPSA) is 18.5 Å². The monoisotopic (exact) mass is 288 g/mol. The molecule has 2 rings (SSSR count). The Hall–Kier alpha value is -1.12. The van der Waals surface area contributed by atoms with E-state index >= 15 is 0 Å². The second-order valence-electron chi connectivity index (χ2n) is 6.10. The summed E-state index contributed by atoms with van der Waals surface area (Å²) in [6.45, 7) is 5.13. The first-order chi connectivity index (χ1) is 10.2. The van der Waals surface area contributed by atoms with Crippen LogP contribution in [0.2, 0.25) is 0 Å². The van der Waals surface area contributed by atoms with Crippen LogP contribution in [0.3, 0.4) is 0 Å². The van der Waals surface area contributed by atoms with Gasteiger partial charge in [-0.2, -0.15) is 0 Å². The molecule has 0 spiro atoms. The highest BCUT2D eigenvalue weighted by Gasteiger charge is 2.19. The highest BCUT2D eigenvalue weighted by molar-refractivity contribution is 5.14. The van der Waals surface area contributed by atoms with Crippen LogP contribution in [0.4, 0.5) is 0 Å². The normalized spacial score (nSPS) is 20.0. The summed E-state index contributed by atoms with van der Waals surface area (Å²) in [6, 6.07) is 10.7. The Morgan fingerprint density at radius 2 is 2.10 bits per heavy atom. The average Bonchev–Trinajstić information content (AvgIpc) is 2.52. The summed E-state index contributed by atoms with van der Waals surface area (Å²) in [4.78, 5) is 0. The van der Waals surface area contributed by atoms with Crippen molar-refractivity contribution in [3.63, 3.8) is 0 Å². The zero-order valence-corrected chi connectivity index (χ0v) is 13.4. The molecule has 2 atom stereocenters. The minimum Gasteiger partial charge on any atom is -0.353 e. The van der Waals surface area contributed by atoms with Crippen molar-refractivity contribution in [2.45, 2.75) is 64.8 Å². The molecule has 116 valence electrons. The average molecular weight is 288 g/mol. The van der Waals surface area contributed by atoms with Crippen molar-refractivity contribution in [2.24, 2.45) is 0 Å². The molecule has 1 aliphatic heterocycles. The number of benzene rings is 1. The number of rotatable bonds is 7. The molecule has 1 aromatic carbocycles. The molecule has 1 heterocycles. The van der Waals surface area contributed by atoms with Crippen molar-refractivity contribution in [1.29, 1.82) is 0 Å². The Kier molecular flexibility index (Phi) is 6.98. The third kappa shape index (κ3) is 6.45. The number of hydrogen-bond acceptors (Lipinski definition) is 2.